The molecule has 21 heavy (non-hydrogen) atoms. The van der Waals surface area contributed by atoms with Crippen LogP contribution in [-0.2, 0) is 10.0 Å². The third-order valence-electron chi connectivity index (χ3n) is 2.74. The summed E-state index contributed by atoms with van der Waals surface area (Å²) in [6, 6.07) is 17.5. The van der Waals surface area contributed by atoms with Gasteiger partial charge in [-0.2, -0.15) is 17.9 Å². The van der Waals surface area contributed by atoms with Gasteiger partial charge in [0.05, 0.1) is 17.7 Å². The molecule has 2 rings (SSSR count). The quantitative estimate of drug-likeness (QED) is 0.468. The predicted molar refractivity (Wildman–Crippen MR) is 84.6 cm³/mol. The van der Waals surface area contributed by atoms with Crippen molar-refractivity contribution >= 4 is 16.2 Å². The van der Waals surface area contributed by atoms with Crippen LogP contribution in [0.15, 0.2) is 83.3 Å². The summed E-state index contributed by atoms with van der Waals surface area (Å²) in [4.78, 5) is 0.206. The zero-order chi connectivity index (χ0) is 15.1. The lowest BCUT2D eigenvalue weighted by molar-refractivity contribution is 0.464. The number of hydrazone groups is 1. The number of hydrogen-bond donors (Lipinski definition) is 0. The minimum atomic E-state index is -3.67. The average molecular weight is 300 g/mol. The van der Waals surface area contributed by atoms with Crippen molar-refractivity contribution in [1.82, 2.24) is 4.41 Å². The fourth-order valence-electron chi connectivity index (χ4n) is 1.70. The number of sulfonamides is 1. The Labute approximate surface area is 125 Å². The summed E-state index contributed by atoms with van der Waals surface area (Å²) in [5, 5.41) is 4.08. The van der Waals surface area contributed by atoms with Gasteiger partial charge in [0, 0.05) is 0 Å². The first kappa shape index (κ1) is 15.0. The zero-order valence-electron chi connectivity index (χ0n) is 11.5. The molecule has 0 amide bonds. The van der Waals surface area contributed by atoms with Crippen LogP contribution in [-0.4, -0.2) is 25.6 Å². The summed E-state index contributed by atoms with van der Waals surface area (Å²) < 4.78 is 26.0. The highest BCUT2D eigenvalue weighted by atomic mass is 32.2. The Bertz CT molecular complexity index is 710. The minimum Gasteiger partial charge on any atom is -0.200 e. The van der Waals surface area contributed by atoms with Crippen molar-refractivity contribution in [1.29, 1.82) is 0 Å². The largest absolute Gasteiger partial charge is 0.279 e. The van der Waals surface area contributed by atoms with Gasteiger partial charge in [0.15, 0.2) is 0 Å². The molecule has 0 radical (unpaired) electrons. The second kappa shape index (κ2) is 6.85. The monoisotopic (exact) mass is 300 g/mol. The second-order valence-electron chi connectivity index (χ2n) is 4.27. The Balaban J connectivity index is 2.31. The van der Waals surface area contributed by atoms with E-state index in [9.17, 15) is 8.42 Å². The molecule has 0 atom stereocenters. The molecule has 0 bridgehead atoms. The van der Waals surface area contributed by atoms with E-state index in [1.807, 2.05) is 30.3 Å². The molecule has 0 saturated heterocycles. The van der Waals surface area contributed by atoms with Gasteiger partial charge in [-0.15, -0.1) is 6.58 Å². The van der Waals surface area contributed by atoms with Gasteiger partial charge in [-0.1, -0.05) is 54.6 Å². The number of nitrogens with zero attached hydrogens (tertiary/aromatic N) is 2. The third-order valence-corrected chi connectivity index (χ3v) is 4.41. The van der Waals surface area contributed by atoms with Crippen LogP contribution < -0.4 is 0 Å². The number of hydrogen-bond acceptors (Lipinski definition) is 3. The molecule has 0 saturated carbocycles. The van der Waals surface area contributed by atoms with Crippen LogP contribution in [0, 0.1) is 0 Å². The molecule has 2 aromatic rings. The average Bonchev–Trinajstić information content (AvgIpc) is 2.53. The summed E-state index contributed by atoms with van der Waals surface area (Å²) in [6.45, 7) is 3.69. The van der Waals surface area contributed by atoms with Crippen molar-refractivity contribution in [2.75, 3.05) is 6.54 Å². The lowest BCUT2D eigenvalue weighted by Gasteiger charge is -2.17. The lowest BCUT2D eigenvalue weighted by Crippen LogP contribution is -2.26. The van der Waals surface area contributed by atoms with Gasteiger partial charge in [-0.3, -0.25) is 0 Å². The van der Waals surface area contributed by atoms with Gasteiger partial charge >= 0.3 is 0 Å². The van der Waals surface area contributed by atoms with E-state index in [4.69, 9.17) is 0 Å². The highest BCUT2D eigenvalue weighted by molar-refractivity contribution is 7.89. The van der Waals surface area contributed by atoms with E-state index < -0.39 is 10.0 Å². The van der Waals surface area contributed by atoms with Gasteiger partial charge in [0.2, 0.25) is 0 Å². The molecule has 108 valence electrons. The summed E-state index contributed by atoms with van der Waals surface area (Å²) in [5.41, 5.74) is 0.829. The first-order chi connectivity index (χ1) is 10.1. The predicted octanol–water partition coefficient (Wildman–Crippen LogP) is 2.90. The molecule has 0 aliphatic rings. The molecule has 5 heteroatoms. The van der Waals surface area contributed by atoms with E-state index >= 15 is 0 Å². The van der Waals surface area contributed by atoms with E-state index in [1.165, 1.54) is 12.3 Å². The Morgan fingerprint density at radius 1 is 1.00 bits per heavy atom. The maximum Gasteiger partial charge on any atom is 0.279 e. The standard InChI is InChI=1S/C16H16N2O2S/c1-2-13-18(17-14-15-9-5-3-6-10-15)21(19,20)16-11-7-4-8-12-16/h2-12,14H,1,13H2. The molecular formula is C16H16N2O2S. The van der Waals surface area contributed by atoms with Gasteiger partial charge in [-0.05, 0) is 17.7 Å². The van der Waals surface area contributed by atoms with E-state index in [2.05, 4.69) is 11.7 Å². The smallest absolute Gasteiger partial charge is 0.200 e. The van der Waals surface area contributed by atoms with Crippen molar-refractivity contribution in [2.24, 2.45) is 5.10 Å². The fourth-order valence-corrected chi connectivity index (χ4v) is 2.92. The highest BCUT2D eigenvalue weighted by Gasteiger charge is 2.21. The molecule has 0 aromatic heterocycles. The Hall–Kier alpha value is -2.40. The van der Waals surface area contributed by atoms with Crippen molar-refractivity contribution in [3.05, 3.63) is 78.9 Å². The van der Waals surface area contributed by atoms with Crippen LogP contribution in [0.5, 0.6) is 0 Å². The van der Waals surface area contributed by atoms with Gasteiger partial charge < -0.3 is 0 Å². The normalized spacial score (nSPS) is 11.4. The molecular weight excluding hydrogens is 284 g/mol. The molecule has 2 aromatic carbocycles. The maximum atomic E-state index is 12.5. The molecule has 0 spiro atoms. The fraction of sp³-hybridized carbons (Fsp3) is 0.0625. The minimum absolute atomic E-state index is 0.112. The van der Waals surface area contributed by atoms with Crippen LogP contribution in [0.2, 0.25) is 0 Å². The van der Waals surface area contributed by atoms with Crippen molar-refractivity contribution in [3.8, 4) is 0 Å². The first-order valence-electron chi connectivity index (χ1n) is 6.42. The van der Waals surface area contributed by atoms with E-state index in [-0.39, 0.29) is 11.4 Å². The van der Waals surface area contributed by atoms with E-state index in [0.717, 1.165) is 9.98 Å². The van der Waals surface area contributed by atoms with Crippen LogP contribution in [0.3, 0.4) is 0 Å². The van der Waals surface area contributed by atoms with Crippen LogP contribution in [0.25, 0.3) is 0 Å². The Morgan fingerprint density at radius 2 is 1.57 bits per heavy atom. The van der Waals surface area contributed by atoms with Crippen molar-refractivity contribution < 1.29 is 8.42 Å². The highest BCUT2D eigenvalue weighted by Crippen LogP contribution is 2.15. The summed E-state index contributed by atoms with van der Waals surface area (Å²) in [7, 11) is -3.67. The van der Waals surface area contributed by atoms with Crippen molar-refractivity contribution in [3.63, 3.8) is 0 Å². The van der Waals surface area contributed by atoms with Crippen LogP contribution in [0.1, 0.15) is 5.56 Å². The molecule has 0 heterocycles. The van der Waals surface area contributed by atoms with Gasteiger partial charge in [0.1, 0.15) is 0 Å². The van der Waals surface area contributed by atoms with E-state index in [0.29, 0.717) is 0 Å². The summed E-state index contributed by atoms with van der Waals surface area (Å²) >= 11 is 0. The zero-order valence-corrected chi connectivity index (χ0v) is 12.3. The van der Waals surface area contributed by atoms with E-state index in [1.54, 1.807) is 30.3 Å². The molecule has 0 fully saturated rings. The molecule has 0 unspecified atom stereocenters. The number of rotatable bonds is 6. The number of benzene rings is 2. The van der Waals surface area contributed by atoms with Crippen molar-refractivity contribution in [2.45, 2.75) is 4.90 Å². The second-order valence-corrected chi connectivity index (χ2v) is 6.11. The molecule has 0 N–H and O–H groups in total. The van der Waals surface area contributed by atoms with Crippen LogP contribution >= 0.6 is 0 Å². The topological polar surface area (TPSA) is 49.7 Å². The summed E-state index contributed by atoms with van der Waals surface area (Å²) in [5.74, 6) is 0. The molecule has 4 nitrogen and oxygen atoms in total. The third kappa shape index (κ3) is 3.79. The lowest BCUT2D eigenvalue weighted by atomic mass is 10.2. The summed E-state index contributed by atoms with van der Waals surface area (Å²) in [6.07, 6.45) is 3.02. The molecule has 0 aliphatic carbocycles. The van der Waals surface area contributed by atoms with Gasteiger partial charge in [-0.25, -0.2) is 0 Å². The SMILES string of the molecule is C=CCN(N=Cc1ccccc1)S(=O)(=O)c1ccccc1. The van der Waals surface area contributed by atoms with Crippen LogP contribution in [0.4, 0.5) is 0 Å². The van der Waals surface area contributed by atoms with Gasteiger partial charge in [0.25, 0.3) is 10.0 Å². The molecule has 0 aliphatic heterocycles. The Kier molecular flexibility index (Phi) is 4.90. The maximum absolute atomic E-state index is 12.5. The first-order valence-corrected chi connectivity index (χ1v) is 7.86. The Morgan fingerprint density at radius 3 is 2.14 bits per heavy atom.